The summed E-state index contributed by atoms with van der Waals surface area (Å²) in [5.74, 6) is 1.48. The Morgan fingerprint density at radius 3 is 2.75 bits per heavy atom. The topological polar surface area (TPSA) is 21.3 Å². The highest BCUT2D eigenvalue weighted by molar-refractivity contribution is 9.10. The number of benzene rings is 1. The van der Waals surface area contributed by atoms with Crippen molar-refractivity contribution in [3.8, 4) is 5.75 Å². The zero-order chi connectivity index (χ0) is 14.6. The first-order valence-electron chi connectivity index (χ1n) is 7.35. The number of ether oxygens (including phenoxy) is 1. The molecule has 0 saturated heterocycles. The van der Waals surface area contributed by atoms with Gasteiger partial charge in [0.05, 0.1) is 5.02 Å². The van der Waals surface area contributed by atoms with Crippen molar-refractivity contribution in [3.63, 3.8) is 0 Å². The van der Waals surface area contributed by atoms with Crippen molar-refractivity contribution in [2.24, 2.45) is 5.92 Å². The predicted octanol–water partition coefficient (Wildman–Crippen LogP) is 5.04. The van der Waals surface area contributed by atoms with E-state index < -0.39 is 0 Å². The van der Waals surface area contributed by atoms with Gasteiger partial charge in [0.1, 0.15) is 11.4 Å². The molecule has 0 atom stereocenters. The van der Waals surface area contributed by atoms with Gasteiger partial charge in [0.2, 0.25) is 0 Å². The minimum Gasteiger partial charge on any atom is -0.486 e. The molecule has 0 aliphatic heterocycles. The molecular weight excluding hydrogens is 338 g/mol. The first-order chi connectivity index (χ1) is 9.51. The van der Waals surface area contributed by atoms with Gasteiger partial charge in [-0.15, -0.1) is 0 Å². The van der Waals surface area contributed by atoms with Crippen LogP contribution in [0.25, 0.3) is 0 Å². The molecule has 1 aliphatic carbocycles. The first kappa shape index (κ1) is 16.1. The average Bonchev–Trinajstić information content (AvgIpc) is 2.35. The van der Waals surface area contributed by atoms with E-state index in [0.717, 1.165) is 42.6 Å². The molecule has 0 bridgehead atoms. The maximum atomic E-state index is 6.25. The van der Waals surface area contributed by atoms with Crippen molar-refractivity contribution in [3.05, 3.63) is 27.7 Å². The second-order valence-electron chi connectivity index (χ2n) is 6.06. The van der Waals surface area contributed by atoms with Crippen molar-refractivity contribution >= 4 is 27.5 Å². The third kappa shape index (κ3) is 4.37. The van der Waals surface area contributed by atoms with Gasteiger partial charge in [-0.25, -0.2) is 0 Å². The van der Waals surface area contributed by atoms with Gasteiger partial charge in [0.15, 0.2) is 0 Å². The number of hydrogen-bond acceptors (Lipinski definition) is 2. The Morgan fingerprint density at radius 1 is 1.40 bits per heavy atom. The monoisotopic (exact) mass is 359 g/mol. The maximum Gasteiger partial charge on any atom is 0.139 e. The Hall–Kier alpha value is -0.250. The normalized spacial score (nSPS) is 17.1. The van der Waals surface area contributed by atoms with E-state index >= 15 is 0 Å². The molecule has 0 heterocycles. The minimum atomic E-state index is -0.0194. The highest BCUT2D eigenvalue weighted by Gasteiger charge is 2.39. The van der Waals surface area contributed by atoms with E-state index in [2.05, 4.69) is 35.1 Å². The first-order valence-corrected chi connectivity index (χ1v) is 8.53. The highest BCUT2D eigenvalue weighted by atomic mass is 79.9. The molecule has 0 aromatic heterocycles. The fraction of sp³-hybridized carbons (Fsp3) is 0.625. The van der Waals surface area contributed by atoms with Gasteiger partial charge in [0, 0.05) is 4.47 Å². The molecule has 1 aliphatic rings. The van der Waals surface area contributed by atoms with Crippen LogP contribution < -0.4 is 10.1 Å². The summed E-state index contributed by atoms with van der Waals surface area (Å²) in [6.07, 6.45) is 4.54. The van der Waals surface area contributed by atoms with Crippen LogP contribution in [0, 0.1) is 5.92 Å². The van der Waals surface area contributed by atoms with E-state index in [1.165, 1.54) is 6.42 Å². The van der Waals surface area contributed by atoms with Crippen LogP contribution in [0.5, 0.6) is 5.75 Å². The van der Waals surface area contributed by atoms with Crippen molar-refractivity contribution in [1.29, 1.82) is 0 Å². The SMILES string of the molecule is CC(C)CNCCC1(Oc2cc(Br)ccc2Cl)CCC1. The molecule has 20 heavy (non-hydrogen) atoms. The summed E-state index contributed by atoms with van der Waals surface area (Å²) >= 11 is 9.70. The second-order valence-corrected chi connectivity index (χ2v) is 7.38. The summed E-state index contributed by atoms with van der Waals surface area (Å²) in [4.78, 5) is 0. The van der Waals surface area contributed by atoms with Crippen molar-refractivity contribution in [2.75, 3.05) is 13.1 Å². The number of hydrogen-bond donors (Lipinski definition) is 1. The van der Waals surface area contributed by atoms with E-state index in [1.807, 2.05) is 18.2 Å². The molecule has 0 radical (unpaired) electrons. The summed E-state index contributed by atoms with van der Waals surface area (Å²) in [5.41, 5.74) is -0.0194. The van der Waals surface area contributed by atoms with E-state index in [9.17, 15) is 0 Å². The quantitative estimate of drug-likeness (QED) is 0.688. The summed E-state index contributed by atoms with van der Waals surface area (Å²) in [6.45, 7) is 6.52. The third-order valence-corrected chi connectivity index (χ3v) is 4.60. The van der Waals surface area contributed by atoms with Gasteiger partial charge in [0.25, 0.3) is 0 Å². The Labute approximate surface area is 135 Å². The van der Waals surface area contributed by atoms with Crippen molar-refractivity contribution in [1.82, 2.24) is 5.32 Å². The number of halogens is 2. The Kier molecular flexibility index (Phi) is 5.76. The lowest BCUT2D eigenvalue weighted by molar-refractivity contribution is -0.0142. The minimum absolute atomic E-state index is 0.0194. The van der Waals surface area contributed by atoms with Gasteiger partial charge in [-0.1, -0.05) is 41.4 Å². The van der Waals surface area contributed by atoms with Gasteiger partial charge in [-0.05, 0) is 62.9 Å². The van der Waals surface area contributed by atoms with E-state index in [1.54, 1.807) is 0 Å². The van der Waals surface area contributed by atoms with E-state index in [0.29, 0.717) is 10.9 Å². The van der Waals surface area contributed by atoms with E-state index in [4.69, 9.17) is 16.3 Å². The molecule has 2 rings (SSSR count). The number of nitrogens with one attached hydrogen (secondary N) is 1. The summed E-state index contributed by atoms with van der Waals surface area (Å²) in [6, 6.07) is 5.78. The molecule has 4 heteroatoms. The van der Waals surface area contributed by atoms with Crippen LogP contribution in [0.4, 0.5) is 0 Å². The van der Waals surface area contributed by atoms with Crippen molar-refractivity contribution in [2.45, 2.75) is 45.1 Å². The molecule has 1 N–H and O–H groups in total. The molecule has 0 unspecified atom stereocenters. The largest absolute Gasteiger partial charge is 0.486 e. The van der Waals surface area contributed by atoms with Crippen LogP contribution in [0.15, 0.2) is 22.7 Å². The zero-order valence-corrected chi connectivity index (χ0v) is 14.6. The molecule has 2 nitrogen and oxygen atoms in total. The molecule has 1 aromatic rings. The highest BCUT2D eigenvalue weighted by Crippen LogP contribution is 2.41. The van der Waals surface area contributed by atoms with Crippen LogP contribution >= 0.6 is 27.5 Å². The lowest BCUT2D eigenvalue weighted by Gasteiger charge is -2.42. The van der Waals surface area contributed by atoms with Gasteiger partial charge < -0.3 is 10.1 Å². The summed E-state index contributed by atoms with van der Waals surface area (Å²) < 4.78 is 7.26. The van der Waals surface area contributed by atoms with Crippen LogP contribution in [-0.2, 0) is 0 Å². The Bertz CT molecular complexity index is 446. The molecule has 1 fully saturated rings. The van der Waals surface area contributed by atoms with Gasteiger partial charge in [-0.3, -0.25) is 0 Å². The van der Waals surface area contributed by atoms with Gasteiger partial charge in [-0.2, -0.15) is 0 Å². The fourth-order valence-electron chi connectivity index (χ4n) is 2.47. The molecule has 0 amide bonds. The maximum absolute atomic E-state index is 6.25. The van der Waals surface area contributed by atoms with Crippen LogP contribution in [0.3, 0.4) is 0 Å². The zero-order valence-electron chi connectivity index (χ0n) is 12.2. The fourth-order valence-corrected chi connectivity index (χ4v) is 2.97. The molecule has 0 spiro atoms. The smallest absolute Gasteiger partial charge is 0.139 e. The molecule has 1 aromatic carbocycles. The second kappa shape index (κ2) is 7.15. The van der Waals surface area contributed by atoms with E-state index in [-0.39, 0.29) is 5.60 Å². The average molecular weight is 361 g/mol. The third-order valence-electron chi connectivity index (χ3n) is 3.79. The molecule has 112 valence electrons. The summed E-state index contributed by atoms with van der Waals surface area (Å²) in [5, 5.41) is 4.19. The molecular formula is C16H23BrClNO. The standard InChI is InChI=1S/C16H23BrClNO/c1-12(2)11-19-9-8-16(6-3-7-16)20-15-10-13(17)4-5-14(15)18/h4-5,10,12,19H,3,6-9,11H2,1-2H3. The van der Waals surface area contributed by atoms with Crippen LogP contribution in [-0.4, -0.2) is 18.7 Å². The lowest BCUT2D eigenvalue weighted by Crippen LogP contribution is -2.45. The summed E-state index contributed by atoms with van der Waals surface area (Å²) in [7, 11) is 0. The number of rotatable bonds is 7. The van der Waals surface area contributed by atoms with Crippen LogP contribution in [0.2, 0.25) is 5.02 Å². The molecule has 1 saturated carbocycles. The Morgan fingerprint density at radius 2 is 2.15 bits per heavy atom. The Balaban J connectivity index is 1.92. The predicted molar refractivity (Wildman–Crippen MR) is 88.7 cm³/mol. The van der Waals surface area contributed by atoms with Crippen LogP contribution in [0.1, 0.15) is 39.5 Å². The van der Waals surface area contributed by atoms with Crippen molar-refractivity contribution < 1.29 is 4.74 Å². The lowest BCUT2D eigenvalue weighted by atomic mass is 9.77. The van der Waals surface area contributed by atoms with Gasteiger partial charge >= 0.3 is 0 Å².